The van der Waals surface area contributed by atoms with Crippen molar-refractivity contribution in [3.63, 3.8) is 0 Å². The number of nitrogens with zero attached hydrogens (tertiary/aromatic N) is 3. The summed E-state index contributed by atoms with van der Waals surface area (Å²) in [5.74, 6) is -0.160. The van der Waals surface area contributed by atoms with Crippen molar-refractivity contribution < 1.29 is 19.1 Å². The molecule has 1 aliphatic heterocycles. The molecule has 1 amide bonds. The van der Waals surface area contributed by atoms with E-state index in [1.165, 1.54) is 23.3 Å². The summed E-state index contributed by atoms with van der Waals surface area (Å²) < 4.78 is 13.0. The number of methoxy groups -OCH3 is 1. The van der Waals surface area contributed by atoms with Gasteiger partial charge in [0.25, 0.3) is 5.91 Å². The minimum absolute atomic E-state index is 0.179. The molecule has 3 aromatic rings. The van der Waals surface area contributed by atoms with Gasteiger partial charge in [0.2, 0.25) is 0 Å². The van der Waals surface area contributed by atoms with Gasteiger partial charge in [-0.05, 0) is 50.1 Å². The van der Waals surface area contributed by atoms with Gasteiger partial charge in [-0.2, -0.15) is 0 Å². The van der Waals surface area contributed by atoms with Crippen LogP contribution in [0.2, 0.25) is 0 Å². The van der Waals surface area contributed by atoms with Gasteiger partial charge in [-0.25, -0.2) is 0 Å². The number of carbonyl (C=O) groups is 2. The first-order chi connectivity index (χ1) is 17.2. The van der Waals surface area contributed by atoms with Crippen LogP contribution in [0.1, 0.15) is 30.1 Å². The number of amides is 1. The van der Waals surface area contributed by atoms with Crippen molar-refractivity contribution in [3.05, 3.63) is 62.7 Å². The van der Waals surface area contributed by atoms with E-state index in [1.807, 2.05) is 6.07 Å². The van der Waals surface area contributed by atoms with Gasteiger partial charge >= 0.3 is 17.1 Å². The van der Waals surface area contributed by atoms with Gasteiger partial charge in [-0.1, -0.05) is 6.07 Å². The van der Waals surface area contributed by atoms with Crippen molar-refractivity contribution in [2.24, 2.45) is 20.0 Å². The van der Waals surface area contributed by atoms with E-state index in [4.69, 9.17) is 9.47 Å². The van der Waals surface area contributed by atoms with Crippen molar-refractivity contribution in [1.82, 2.24) is 9.13 Å². The Morgan fingerprint density at radius 2 is 1.64 bits per heavy atom. The summed E-state index contributed by atoms with van der Waals surface area (Å²) in [5, 5.41) is 2.97. The number of ether oxygens (including phenoxy) is 2. The lowest BCUT2D eigenvalue weighted by Crippen LogP contribution is -2.40. The Hall–Kier alpha value is -4.08. The summed E-state index contributed by atoms with van der Waals surface area (Å²) in [6.07, 6.45) is 1.21. The summed E-state index contributed by atoms with van der Waals surface area (Å²) in [6, 6.07) is 10.3. The highest BCUT2D eigenvalue weighted by molar-refractivity contribution is 6.07. The Labute approximate surface area is 208 Å². The minimum Gasteiger partial charge on any atom is -0.497 e. The van der Waals surface area contributed by atoms with Gasteiger partial charge in [0.1, 0.15) is 5.75 Å². The van der Waals surface area contributed by atoms with Crippen LogP contribution in [0.4, 0.5) is 11.4 Å². The van der Waals surface area contributed by atoms with E-state index in [9.17, 15) is 19.2 Å². The molecule has 0 atom stereocenters. The first-order valence-electron chi connectivity index (χ1n) is 11.9. The van der Waals surface area contributed by atoms with Gasteiger partial charge in [0.05, 0.1) is 42.0 Å². The third-order valence-electron chi connectivity index (χ3n) is 6.64. The lowest BCUT2D eigenvalue weighted by atomic mass is 9.96. The number of esters is 1. The van der Waals surface area contributed by atoms with Crippen molar-refractivity contribution >= 4 is 34.3 Å². The van der Waals surface area contributed by atoms with E-state index in [2.05, 4.69) is 10.2 Å². The number of hydrogen-bond donors (Lipinski definition) is 1. The third kappa shape index (κ3) is 4.71. The number of aromatic nitrogens is 2. The third-order valence-corrected chi connectivity index (χ3v) is 6.64. The van der Waals surface area contributed by atoms with Crippen molar-refractivity contribution in [2.45, 2.75) is 19.8 Å². The zero-order valence-corrected chi connectivity index (χ0v) is 20.9. The molecule has 4 rings (SSSR count). The van der Waals surface area contributed by atoms with Crippen LogP contribution < -0.4 is 26.1 Å². The normalized spacial score (nSPS) is 14.1. The predicted molar refractivity (Wildman–Crippen MR) is 137 cm³/mol. The number of aryl methyl sites for hydroxylation is 2. The number of rotatable bonds is 6. The maximum atomic E-state index is 13.2. The maximum absolute atomic E-state index is 13.2. The molecule has 1 saturated heterocycles. The number of nitrogens with one attached hydrogen (secondary N) is 1. The number of anilines is 2. The van der Waals surface area contributed by atoms with E-state index < -0.39 is 11.1 Å². The van der Waals surface area contributed by atoms with E-state index in [0.29, 0.717) is 66.3 Å². The van der Waals surface area contributed by atoms with Crippen molar-refractivity contribution in [3.8, 4) is 5.75 Å². The van der Waals surface area contributed by atoms with Crippen LogP contribution in [-0.2, 0) is 23.6 Å². The number of benzene rings is 2. The molecule has 1 fully saturated rings. The molecule has 190 valence electrons. The van der Waals surface area contributed by atoms with Crippen molar-refractivity contribution in [2.75, 3.05) is 37.0 Å². The zero-order chi connectivity index (χ0) is 26.0. The molecule has 36 heavy (non-hydrogen) atoms. The quantitative estimate of drug-likeness (QED) is 0.413. The molecule has 0 spiro atoms. The molecule has 0 unspecified atom stereocenters. The maximum Gasteiger partial charge on any atom is 0.316 e. The lowest BCUT2D eigenvalue weighted by Gasteiger charge is -2.34. The average molecular weight is 495 g/mol. The summed E-state index contributed by atoms with van der Waals surface area (Å²) in [6.45, 7) is 3.27. The molecule has 10 heteroatoms. The second-order valence-corrected chi connectivity index (χ2v) is 8.79. The largest absolute Gasteiger partial charge is 0.497 e. The Balaban J connectivity index is 1.76. The van der Waals surface area contributed by atoms with Crippen LogP contribution in [-0.4, -0.2) is 47.8 Å². The Bertz CT molecular complexity index is 1430. The van der Waals surface area contributed by atoms with Crippen LogP contribution in [0.15, 0.2) is 46.0 Å². The highest BCUT2D eigenvalue weighted by Crippen LogP contribution is 2.34. The number of piperidine rings is 1. The molecule has 0 radical (unpaired) electrons. The lowest BCUT2D eigenvalue weighted by molar-refractivity contribution is -0.148. The first-order valence-corrected chi connectivity index (χ1v) is 11.9. The molecule has 0 bridgehead atoms. The van der Waals surface area contributed by atoms with Gasteiger partial charge in [0.15, 0.2) is 0 Å². The molecule has 1 aliphatic rings. The standard InChI is InChI=1S/C26H30N4O6/c1-5-36-26(34)16-9-11-30(12-10-16)20-15-22-21(28(2)24(32)25(33)29(22)3)14-19(20)27-23(31)17-7-6-8-18(13-17)35-4/h6-8,13-16H,5,9-12H2,1-4H3,(H,27,31). The molecule has 0 saturated carbocycles. The van der Waals surface area contributed by atoms with E-state index in [0.717, 1.165) is 0 Å². The second kappa shape index (κ2) is 10.3. The van der Waals surface area contributed by atoms with Gasteiger partial charge in [-0.3, -0.25) is 19.2 Å². The average Bonchev–Trinajstić information content (AvgIpc) is 2.90. The molecule has 1 aromatic heterocycles. The van der Waals surface area contributed by atoms with Crippen molar-refractivity contribution in [1.29, 1.82) is 0 Å². The van der Waals surface area contributed by atoms with Gasteiger partial charge < -0.3 is 28.8 Å². The monoisotopic (exact) mass is 494 g/mol. The van der Waals surface area contributed by atoms with E-state index >= 15 is 0 Å². The summed E-state index contributed by atoms with van der Waals surface area (Å²) in [5.41, 5.74) is 1.39. The van der Waals surface area contributed by atoms with E-state index in [-0.39, 0.29) is 17.8 Å². The molecular formula is C26H30N4O6. The fourth-order valence-corrected chi connectivity index (χ4v) is 4.55. The zero-order valence-electron chi connectivity index (χ0n) is 20.9. The van der Waals surface area contributed by atoms with Crippen LogP contribution in [0.5, 0.6) is 5.75 Å². The second-order valence-electron chi connectivity index (χ2n) is 8.79. The number of hydrogen-bond acceptors (Lipinski definition) is 7. The van der Waals surface area contributed by atoms with Gasteiger partial charge in [0, 0.05) is 32.7 Å². The number of fused-ring (bicyclic) bond motifs is 1. The summed E-state index contributed by atoms with van der Waals surface area (Å²) in [4.78, 5) is 52.4. The Morgan fingerprint density at radius 1 is 1.00 bits per heavy atom. The molecule has 2 aromatic carbocycles. The fourth-order valence-electron chi connectivity index (χ4n) is 4.55. The molecule has 0 aliphatic carbocycles. The van der Waals surface area contributed by atoms with Gasteiger partial charge in [-0.15, -0.1) is 0 Å². The Morgan fingerprint density at radius 3 is 2.25 bits per heavy atom. The highest BCUT2D eigenvalue weighted by Gasteiger charge is 2.28. The van der Waals surface area contributed by atoms with E-state index in [1.54, 1.807) is 44.3 Å². The fraction of sp³-hybridized carbons (Fsp3) is 0.385. The molecule has 10 nitrogen and oxygen atoms in total. The molecule has 1 N–H and O–H groups in total. The smallest absolute Gasteiger partial charge is 0.316 e. The van der Waals surface area contributed by atoms with Crippen LogP contribution >= 0.6 is 0 Å². The highest BCUT2D eigenvalue weighted by atomic mass is 16.5. The molecule has 2 heterocycles. The summed E-state index contributed by atoms with van der Waals surface area (Å²) in [7, 11) is 4.62. The Kier molecular flexibility index (Phi) is 7.14. The van der Waals surface area contributed by atoms with Crippen LogP contribution in [0.3, 0.4) is 0 Å². The topological polar surface area (TPSA) is 112 Å². The van der Waals surface area contributed by atoms with Crippen LogP contribution in [0.25, 0.3) is 11.0 Å². The van der Waals surface area contributed by atoms with Crippen LogP contribution in [0, 0.1) is 5.92 Å². The SMILES string of the molecule is CCOC(=O)C1CCN(c2cc3c(cc2NC(=O)c2cccc(OC)c2)n(C)c(=O)c(=O)n3C)CC1. The minimum atomic E-state index is -0.655. The number of carbonyl (C=O) groups excluding carboxylic acids is 2. The summed E-state index contributed by atoms with van der Waals surface area (Å²) >= 11 is 0. The first kappa shape index (κ1) is 25.0. The predicted octanol–water partition coefficient (Wildman–Crippen LogP) is 2.28. The molecular weight excluding hydrogens is 464 g/mol.